The van der Waals surface area contributed by atoms with Gasteiger partial charge in [-0.05, 0) is 29.9 Å². The van der Waals surface area contributed by atoms with Crippen LogP contribution >= 0.6 is 15.9 Å². The molecule has 0 saturated heterocycles. The fraction of sp³-hybridized carbons (Fsp3) is 0.500. The van der Waals surface area contributed by atoms with E-state index in [2.05, 4.69) is 26.2 Å². The van der Waals surface area contributed by atoms with Gasteiger partial charge in [0, 0.05) is 25.0 Å². The van der Waals surface area contributed by atoms with Crippen molar-refractivity contribution in [1.29, 1.82) is 0 Å². The number of aromatic nitrogens is 2. The highest BCUT2D eigenvalue weighted by Crippen LogP contribution is 2.03. The van der Waals surface area contributed by atoms with Crippen LogP contribution in [0.25, 0.3) is 0 Å². The lowest BCUT2D eigenvalue weighted by Crippen LogP contribution is -2.32. The molecule has 4 nitrogen and oxygen atoms in total. The highest BCUT2D eigenvalue weighted by molar-refractivity contribution is 9.10. The molecular weight excluding hydrogens is 234 g/mol. The van der Waals surface area contributed by atoms with E-state index >= 15 is 0 Å². The third-order valence-electron chi connectivity index (χ3n) is 1.79. The van der Waals surface area contributed by atoms with E-state index in [1.54, 1.807) is 10.8 Å². The second-order valence-electron chi connectivity index (χ2n) is 2.90. The summed E-state index contributed by atoms with van der Waals surface area (Å²) in [4.78, 5) is 14.9. The Kier molecular flexibility index (Phi) is 3.62. The van der Waals surface area contributed by atoms with Crippen LogP contribution < -0.4 is 11.0 Å². The van der Waals surface area contributed by atoms with E-state index in [1.165, 1.54) is 6.20 Å². The minimum Gasteiger partial charge on any atom is -0.315 e. The molecule has 0 amide bonds. The number of nitrogens with zero attached hydrogens (tertiary/aromatic N) is 2. The Bertz CT molecular complexity index is 336. The zero-order chi connectivity index (χ0) is 9.84. The van der Waals surface area contributed by atoms with E-state index in [-0.39, 0.29) is 11.7 Å². The first-order valence-corrected chi connectivity index (χ1v) is 4.82. The molecule has 5 heteroatoms. The molecule has 1 unspecified atom stereocenters. The van der Waals surface area contributed by atoms with Crippen molar-refractivity contribution >= 4 is 15.9 Å². The lowest BCUT2D eigenvalue weighted by atomic mass is 10.3. The molecule has 1 aromatic heterocycles. The summed E-state index contributed by atoms with van der Waals surface area (Å²) in [6, 6.07) is 0.258. The lowest BCUT2D eigenvalue weighted by molar-refractivity contribution is 0.498. The molecule has 0 aliphatic carbocycles. The maximum absolute atomic E-state index is 11.2. The van der Waals surface area contributed by atoms with Gasteiger partial charge in [-0.15, -0.1) is 0 Å². The predicted octanol–water partition coefficient (Wildman–Crippen LogP) is 0.614. The summed E-state index contributed by atoms with van der Waals surface area (Å²) in [5.74, 6) is 0. The highest BCUT2D eigenvalue weighted by Gasteiger charge is 2.02. The van der Waals surface area contributed by atoms with Gasteiger partial charge in [-0.1, -0.05) is 0 Å². The highest BCUT2D eigenvalue weighted by atomic mass is 79.9. The van der Waals surface area contributed by atoms with Crippen molar-refractivity contribution in [2.24, 2.45) is 0 Å². The van der Waals surface area contributed by atoms with Gasteiger partial charge < -0.3 is 5.32 Å². The van der Waals surface area contributed by atoms with Gasteiger partial charge in [0.25, 0.3) is 0 Å². The van der Waals surface area contributed by atoms with Gasteiger partial charge in [0.1, 0.15) is 0 Å². The van der Waals surface area contributed by atoms with Gasteiger partial charge in [0.15, 0.2) is 0 Å². The molecule has 1 heterocycles. The summed E-state index contributed by atoms with van der Waals surface area (Å²) >= 11 is 3.27. The van der Waals surface area contributed by atoms with Crippen LogP contribution in [0.15, 0.2) is 21.7 Å². The van der Waals surface area contributed by atoms with Crippen LogP contribution in [-0.4, -0.2) is 22.6 Å². The Morgan fingerprint density at radius 1 is 1.77 bits per heavy atom. The third-order valence-corrected chi connectivity index (χ3v) is 2.20. The molecule has 0 aromatic carbocycles. The van der Waals surface area contributed by atoms with Gasteiger partial charge in [0.05, 0.1) is 4.47 Å². The Morgan fingerprint density at radius 3 is 3.08 bits per heavy atom. The first-order valence-electron chi connectivity index (χ1n) is 4.02. The predicted molar refractivity (Wildman–Crippen MR) is 54.7 cm³/mol. The summed E-state index contributed by atoms with van der Waals surface area (Å²) in [6.45, 7) is 2.63. The third kappa shape index (κ3) is 2.93. The Hall–Kier alpha value is -0.680. The smallest absolute Gasteiger partial charge is 0.315 e. The van der Waals surface area contributed by atoms with Gasteiger partial charge in [-0.3, -0.25) is 4.57 Å². The zero-order valence-corrected chi connectivity index (χ0v) is 9.21. The first kappa shape index (κ1) is 10.4. The molecule has 0 aliphatic rings. The summed E-state index contributed by atoms with van der Waals surface area (Å²) < 4.78 is 2.39. The Morgan fingerprint density at radius 2 is 2.46 bits per heavy atom. The van der Waals surface area contributed by atoms with Crippen LogP contribution in [0.5, 0.6) is 0 Å². The maximum Gasteiger partial charge on any atom is 0.347 e. The molecule has 72 valence electrons. The number of rotatable bonds is 3. The van der Waals surface area contributed by atoms with Crippen LogP contribution in [0, 0.1) is 0 Å². The SMILES string of the molecule is CNC(C)Cn1cc(Br)cnc1=O. The largest absolute Gasteiger partial charge is 0.347 e. The molecule has 0 spiro atoms. The molecule has 1 aromatic rings. The van der Waals surface area contributed by atoms with Crippen LogP contribution in [0.2, 0.25) is 0 Å². The van der Waals surface area contributed by atoms with E-state index in [1.807, 2.05) is 14.0 Å². The van der Waals surface area contributed by atoms with Gasteiger partial charge in [0.2, 0.25) is 0 Å². The first-order chi connectivity index (χ1) is 6.13. The quantitative estimate of drug-likeness (QED) is 0.850. The second-order valence-corrected chi connectivity index (χ2v) is 3.81. The molecule has 1 atom stereocenters. The molecule has 13 heavy (non-hydrogen) atoms. The minimum absolute atomic E-state index is 0.217. The van der Waals surface area contributed by atoms with Crippen molar-refractivity contribution in [3.8, 4) is 0 Å². The second kappa shape index (κ2) is 4.53. The van der Waals surface area contributed by atoms with Crippen LogP contribution in [0.3, 0.4) is 0 Å². The number of likely N-dealkylation sites (N-methyl/N-ethyl adjacent to an activating group) is 1. The van der Waals surface area contributed by atoms with Crippen LogP contribution in [0.1, 0.15) is 6.92 Å². The van der Waals surface area contributed by atoms with Gasteiger partial charge in [-0.2, -0.15) is 0 Å². The number of halogens is 1. The number of hydrogen-bond donors (Lipinski definition) is 1. The van der Waals surface area contributed by atoms with E-state index in [0.717, 1.165) is 4.47 Å². The van der Waals surface area contributed by atoms with Crippen molar-refractivity contribution in [3.63, 3.8) is 0 Å². The number of hydrogen-bond acceptors (Lipinski definition) is 3. The normalized spacial score (nSPS) is 12.8. The van der Waals surface area contributed by atoms with Crippen molar-refractivity contribution in [2.45, 2.75) is 19.5 Å². The topological polar surface area (TPSA) is 46.9 Å². The molecule has 0 aliphatic heterocycles. The van der Waals surface area contributed by atoms with E-state index in [0.29, 0.717) is 6.54 Å². The summed E-state index contributed by atoms with van der Waals surface area (Å²) in [5, 5.41) is 3.06. The van der Waals surface area contributed by atoms with Crippen LogP contribution in [0.4, 0.5) is 0 Å². The Labute approximate surface area is 85.1 Å². The summed E-state index contributed by atoms with van der Waals surface area (Å²) in [7, 11) is 1.86. The van der Waals surface area contributed by atoms with Crippen molar-refractivity contribution < 1.29 is 0 Å². The standard InChI is InChI=1S/C8H12BrN3O/c1-6(10-2)4-12-5-7(9)3-11-8(12)13/h3,5-6,10H,4H2,1-2H3. The van der Waals surface area contributed by atoms with Crippen molar-refractivity contribution in [2.75, 3.05) is 7.05 Å². The van der Waals surface area contributed by atoms with E-state index in [9.17, 15) is 4.79 Å². The van der Waals surface area contributed by atoms with Gasteiger partial charge >= 0.3 is 5.69 Å². The lowest BCUT2D eigenvalue weighted by Gasteiger charge is -2.11. The average molecular weight is 246 g/mol. The molecule has 0 radical (unpaired) electrons. The molecule has 1 rings (SSSR count). The molecule has 0 fully saturated rings. The monoisotopic (exact) mass is 245 g/mol. The Balaban J connectivity index is 2.87. The molecule has 0 bridgehead atoms. The molecule has 0 saturated carbocycles. The minimum atomic E-state index is -0.217. The average Bonchev–Trinajstić information content (AvgIpc) is 2.11. The molecular formula is C8H12BrN3O. The number of nitrogens with one attached hydrogen (secondary N) is 1. The van der Waals surface area contributed by atoms with E-state index in [4.69, 9.17) is 0 Å². The maximum atomic E-state index is 11.2. The fourth-order valence-corrected chi connectivity index (χ4v) is 1.30. The zero-order valence-electron chi connectivity index (χ0n) is 7.62. The van der Waals surface area contributed by atoms with Gasteiger partial charge in [-0.25, -0.2) is 9.78 Å². The van der Waals surface area contributed by atoms with E-state index < -0.39 is 0 Å². The summed E-state index contributed by atoms with van der Waals surface area (Å²) in [5.41, 5.74) is -0.217. The van der Waals surface area contributed by atoms with Crippen molar-refractivity contribution in [3.05, 3.63) is 27.4 Å². The summed E-state index contributed by atoms with van der Waals surface area (Å²) in [6.07, 6.45) is 3.24. The van der Waals surface area contributed by atoms with Crippen LogP contribution in [-0.2, 0) is 6.54 Å². The van der Waals surface area contributed by atoms with Crippen molar-refractivity contribution in [1.82, 2.24) is 14.9 Å². The fourth-order valence-electron chi connectivity index (χ4n) is 0.946. The molecule has 1 N–H and O–H groups in total.